The van der Waals surface area contributed by atoms with Crippen LogP contribution < -0.4 is 16.8 Å². The molecule has 168 valence electrons. The Morgan fingerprint density at radius 2 is 1.38 bits per heavy atom. The van der Waals surface area contributed by atoms with Gasteiger partial charge in [-0.3, -0.25) is 0 Å². The molecular formula is C29H37N3. The van der Waals surface area contributed by atoms with Crippen molar-refractivity contribution in [2.75, 3.05) is 11.5 Å². The van der Waals surface area contributed by atoms with Gasteiger partial charge < -0.3 is 16.8 Å². The van der Waals surface area contributed by atoms with Crippen molar-refractivity contribution in [2.45, 2.75) is 46.5 Å². The van der Waals surface area contributed by atoms with Gasteiger partial charge in [0, 0.05) is 23.3 Å². The van der Waals surface area contributed by atoms with Crippen molar-refractivity contribution in [1.29, 1.82) is 0 Å². The van der Waals surface area contributed by atoms with Crippen LogP contribution >= 0.6 is 0 Å². The summed E-state index contributed by atoms with van der Waals surface area (Å²) in [6.07, 6.45) is 9.53. The predicted octanol–water partition coefficient (Wildman–Crippen LogP) is 7.44. The smallest absolute Gasteiger partial charge is 0.0317 e. The lowest BCUT2D eigenvalue weighted by Crippen LogP contribution is -2.13. The van der Waals surface area contributed by atoms with Gasteiger partial charge in [0.25, 0.3) is 0 Å². The Morgan fingerprint density at radius 3 is 1.81 bits per heavy atom. The summed E-state index contributed by atoms with van der Waals surface area (Å²) in [5.41, 5.74) is 22.1. The topological polar surface area (TPSA) is 64.1 Å². The molecule has 2 atom stereocenters. The number of hydrogen-bond acceptors (Lipinski definition) is 3. The Bertz CT molecular complexity index is 1010. The zero-order chi connectivity index (χ0) is 23.8. The van der Waals surface area contributed by atoms with Crippen LogP contribution in [0.25, 0.3) is 11.1 Å². The molecule has 3 rings (SSSR count). The second-order valence-electron chi connectivity index (χ2n) is 8.49. The molecule has 2 aromatic carbocycles. The van der Waals surface area contributed by atoms with E-state index >= 15 is 0 Å². The number of hydrogen-bond donors (Lipinski definition) is 3. The van der Waals surface area contributed by atoms with Crippen LogP contribution in [0.1, 0.15) is 57.6 Å². The lowest BCUT2D eigenvalue weighted by Gasteiger charge is -2.31. The Kier molecular flexibility index (Phi) is 8.71. The standard InChI is InChI=1S/C16H18N2.C13H19N/c1-9-10(2)16-8-12(18)4-6-14(16)13-5-3-11(17)7-15(9)13;1-6-7-8-9-13(5)14-10-12(4)11(2)3/h3-10H,17-18H2,1-2H3;6-10,14H,1-2H2,3-5H3/b;8-7-,12-10+,13-9+. The van der Waals surface area contributed by atoms with Crippen molar-refractivity contribution in [1.82, 2.24) is 5.32 Å². The number of fused-ring (bicyclic) bond motifs is 3. The highest BCUT2D eigenvalue weighted by molar-refractivity contribution is 5.78. The normalized spacial score (nSPS) is 17.7. The maximum absolute atomic E-state index is 5.91. The number of nitrogens with two attached hydrogens (primary N) is 2. The van der Waals surface area contributed by atoms with E-state index < -0.39 is 0 Å². The number of nitrogens with one attached hydrogen (secondary N) is 1. The van der Waals surface area contributed by atoms with E-state index in [-0.39, 0.29) is 0 Å². The third kappa shape index (κ3) is 6.27. The first-order valence-corrected chi connectivity index (χ1v) is 11.0. The van der Waals surface area contributed by atoms with Crippen molar-refractivity contribution in [3.8, 4) is 11.1 Å². The van der Waals surface area contributed by atoms with E-state index in [4.69, 9.17) is 11.5 Å². The lowest BCUT2D eigenvalue weighted by atomic mass is 9.73. The molecule has 1 aliphatic carbocycles. The van der Waals surface area contributed by atoms with E-state index in [2.05, 4.69) is 56.6 Å². The van der Waals surface area contributed by atoms with Gasteiger partial charge in [0.2, 0.25) is 0 Å². The van der Waals surface area contributed by atoms with Crippen molar-refractivity contribution in [3.05, 3.63) is 108 Å². The molecule has 0 bridgehead atoms. The Labute approximate surface area is 193 Å². The van der Waals surface area contributed by atoms with Crippen molar-refractivity contribution >= 4 is 11.4 Å². The van der Waals surface area contributed by atoms with Gasteiger partial charge in [-0.15, -0.1) is 0 Å². The number of rotatable bonds is 5. The van der Waals surface area contributed by atoms with E-state index in [1.807, 2.05) is 57.3 Å². The van der Waals surface area contributed by atoms with Crippen LogP contribution in [0.2, 0.25) is 0 Å². The summed E-state index contributed by atoms with van der Waals surface area (Å²) in [7, 11) is 0. The SMILES string of the molecule is C=C/C=C\C=C(/C)N/C=C(\C)C(=C)C.CC1c2cc(N)ccc2-c2ccc(N)cc2C1C. The molecule has 3 heteroatoms. The molecule has 0 fully saturated rings. The summed E-state index contributed by atoms with van der Waals surface area (Å²) in [6.45, 7) is 18.0. The fraction of sp³-hybridized carbons (Fsp3) is 0.241. The average molecular weight is 428 g/mol. The minimum absolute atomic E-state index is 0.470. The summed E-state index contributed by atoms with van der Waals surface area (Å²) in [5, 5.41) is 3.18. The fourth-order valence-electron chi connectivity index (χ4n) is 3.62. The van der Waals surface area contributed by atoms with E-state index in [0.29, 0.717) is 11.8 Å². The van der Waals surface area contributed by atoms with Gasteiger partial charge in [-0.2, -0.15) is 0 Å². The van der Waals surface area contributed by atoms with Crippen LogP contribution in [0.5, 0.6) is 0 Å². The summed E-state index contributed by atoms with van der Waals surface area (Å²) >= 11 is 0. The quantitative estimate of drug-likeness (QED) is 0.343. The molecule has 0 radical (unpaired) electrons. The van der Waals surface area contributed by atoms with Gasteiger partial charge in [-0.25, -0.2) is 0 Å². The predicted molar refractivity (Wildman–Crippen MR) is 142 cm³/mol. The lowest BCUT2D eigenvalue weighted by molar-refractivity contribution is 0.617. The summed E-state index contributed by atoms with van der Waals surface area (Å²) in [4.78, 5) is 0. The zero-order valence-electron chi connectivity index (χ0n) is 20.1. The molecule has 0 spiro atoms. The highest BCUT2D eigenvalue weighted by Gasteiger charge is 2.27. The monoisotopic (exact) mass is 427 g/mol. The van der Waals surface area contributed by atoms with E-state index in [0.717, 1.165) is 28.2 Å². The molecule has 2 unspecified atom stereocenters. The molecule has 0 aromatic heterocycles. The Hall–Kier alpha value is -3.46. The van der Waals surface area contributed by atoms with Crippen molar-refractivity contribution in [3.63, 3.8) is 0 Å². The third-order valence-corrected chi connectivity index (χ3v) is 5.96. The highest BCUT2D eigenvalue weighted by atomic mass is 14.8. The first-order valence-electron chi connectivity index (χ1n) is 11.0. The highest BCUT2D eigenvalue weighted by Crippen LogP contribution is 2.47. The number of anilines is 2. The third-order valence-electron chi connectivity index (χ3n) is 5.96. The van der Waals surface area contributed by atoms with Crippen molar-refractivity contribution in [2.24, 2.45) is 0 Å². The van der Waals surface area contributed by atoms with Crippen LogP contribution in [0.4, 0.5) is 11.4 Å². The van der Waals surface area contributed by atoms with Crippen LogP contribution in [-0.4, -0.2) is 0 Å². The first-order chi connectivity index (χ1) is 15.1. The van der Waals surface area contributed by atoms with Gasteiger partial charge in [0.05, 0.1) is 0 Å². The minimum atomic E-state index is 0.470. The molecule has 32 heavy (non-hydrogen) atoms. The molecule has 0 saturated carbocycles. The Morgan fingerprint density at radius 1 is 0.875 bits per heavy atom. The van der Waals surface area contributed by atoms with Crippen molar-refractivity contribution < 1.29 is 0 Å². The molecule has 0 amide bonds. The van der Waals surface area contributed by atoms with Crippen LogP contribution in [0, 0.1) is 0 Å². The Balaban J connectivity index is 0.000000237. The van der Waals surface area contributed by atoms with Gasteiger partial charge in [0.15, 0.2) is 0 Å². The zero-order valence-corrected chi connectivity index (χ0v) is 20.1. The molecule has 5 N–H and O–H groups in total. The maximum atomic E-state index is 5.91. The molecule has 3 nitrogen and oxygen atoms in total. The molecular weight excluding hydrogens is 390 g/mol. The maximum Gasteiger partial charge on any atom is 0.0317 e. The van der Waals surface area contributed by atoms with Crippen LogP contribution in [0.3, 0.4) is 0 Å². The average Bonchev–Trinajstić information content (AvgIpc) is 2.76. The van der Waals surface area contributed by atoms with Crippen LogP contribution in [0.15, 0.2) is 96.9 Å². The molecule has 0 saturated heterocycles. The number of allylic oxidation sites excluding steroid dienone is 7. The van der Waals surface area contributed by atoms with E-state index in [1.54, 1.807) is 6.08 Å². The number of benzene rings is 2. The van der Waals surface area contributed by atoms with Gasteiger partial charge in [0.1, 0.15) is 0 Å². The summed E-state index contributed by atoms with van der Waals surface area (Å²) < 4.78 is 0. The summed E-state index contributed by atoms with van der Waals surface area (Å²) in [5.74, 6) is 0.940. The largest absolute Gasteiger partial charge is 0.399 e. The minimum Gasteiger partial charge on any atom is -0.399 e. The van der Waals surface area contributed by atoms with Crippen LogP contribution in [-0.2, 0) is 0 Å². The fourth-order valence-corrected chi connectivity index (χ4v) is 3.62. The van der Waals surface area contributed by atoms with E-state index in [1.165, 1.54) is 22.3 Å². The molecule has 2 aromatic rings. The molecule has 0 heterocycles. The van der Waals surface area contributed by atoms with Gasteiger partial charge in [-0.1, -0.05) is 62.9 Å². The first kappa shape index (κ1) is 24.8. The second kappa shape index (κ2) is 11.2. The van der Waals surface area contributed by atoms with Gasteiger partial charge >= 0.3 is 0 Å². The van der Waals surface area contributed by atoms with Gasteiger partial charge in [-0.05, 0) is 90.8 Å². The van der Waals surface area contributed by atoms with E-state index in [9.17, 15) is 0 Å². The molecule has 0 aliphatic heterocycles. The summed E-state index contributed by atoms with van der Waals surface area (Å²) in [6, 6.07) is 12.4. The second-order valence-corrected chi connectivity index (χ2v) is 8.49. The molecule has 1 aliphatic rings. The number of nitrogen functional groups attached to an aromatic ring is 2.